The number of nitrogens with one attached hydrogen (secondary N) is 2. The molecule has 0 unspecified atom stereocenters. The van der Waals surface area contributed by atoms with Crippen molar-refractivity contribution in [3.05, 3.63) is 23.8 Å². The van der Waals surface area contributed by atoms with E-state index >= 15 is 0 Å². The smallest absolute Gasteiger partial charge is 0.387 e. The summed E-state index contributed by atoms with van der Waals surface area (Å²) in [6, 6.07) is 4.97. The number of benzene rings is 1. The molecule has 1 saturated heterocycles. The Bertz CT molecular complexity index is 680. The van der Waals surface area contributed by atoms with Crippen molar-refractivity contribution in [3.63, 3.8) is 0 Å². The van der Waals surface area contributed by atoms with Gasteiger partial charge in [-0.25, -0.2) is 0 Å². The molecule has 0 spiro atoms. The fourth-order valence-corrected chi connectivity index (χ4v) is 3.18. The highest BCUT2D eigenvalue weighted by Crippen LogP contribution is 2.26. The van der Waals surface area contributed by atoms with Crippen LogP contribution in [0.5, 0.6) is 11.5 Å². The van der Waals surface area contributed by atoms with Gasteiger partial charge in [-0.2, -0.15) is 8.78 Å². The van der Waals surface area contributed by atoms with Crippen molar-refractivity contribution in [3.8, 4) is 11.5 Å². The van der Waals surface area contributed by atoms with Crippen molar-refractivity contribution < 1.29 is 23.0 Å². The Morgan fingerprint density at radius 2 is 2.00 bits per heavy atom. The molecule has 0 saturated carbocycles. The van der Waals surface area contributed by atoms with Gasteiger partial charge in [0.25, 0.3) is 0 Å². The number of alkyl halides is 2. The maximum atomic E-state index is 12.8. The van der Waals surface area contributed by atoms with Crippen LogP contribution < -0.4 is 20.1 Å². The van der Waals surface area contributed by atoms with E-state index in [0.29, 0.717) is 30.4 Å². The molecule has 9 heteroatoms. The Balaban J connectivity index is 1.96. The SMILES string of the molecule is CCCOc1ccc(CNC(=NC)NCC(C)(C)N2CCOCC2)c(OC(F)F)c1. The molecule has 2 rings (SSSR count). The minimum absolute atomic E-state index is 0.0797. The van der Waals surface area contributed by atoms with E-state index in [0.717, 1.165) is 32.7 Å². The van der Waals surface area contributed by atoms with Crippen LogP contribution >= 0.6 is 0 Å². The highest BCUT2D eigenvalue weighted by atomic mass is 19.3. The van der Waals surface area contributed by atoms with E-state index in [4.69, 9.17) is 14.2 Å². The average Bonchev–Trinajstić information content (AvgIpc) is 2.73. The molecule has 0 aliphatic carbocycles. The van der Waals surface area contributed by atoms with E-state index < -0.39 is 6.61 Å². The molecule has 0 bridgehead atoms. The van der Waals surface area contributed by atoms with E-state index in [9.17, 15) is 8.78 Å². The summed E-state index contributed by atoms with van der Waals surface area (Å²) >= 11 is 0. The first-order valence-electron chi connectivity index (χ1n) is 10.3. The van der Waals surface area contributed by atoms with Gasteiger partial charge in [0.05, 0.1) is 19.8 Å². The standard InChI is InChI=1S/C21H34F2N4O3/c1-5-10-29-17-7-6-16(18(13-17)30-19(22)23)14-25-20(24-4)26-15-21(2,3)27-8-11-28-12-9-27/h6-7,13,19H,5,8-12,14-15H2,1-4H3,(H2,24,25,26). The minimum Gasteiger partial charge on any atom is -0.493 e. The van der Waals surface area contributed by atoms with Crippen molar-refractivity contribution in [2.75, 3.05) is 46.5 Å². The highest BCUT2D eigenvalue weighted by molar-refractivity contribution is 5.79. The first kappa shape index (κ1) is 24.1. The van der Waals surface area contributed by atoms with Gasteiger partial charge in [0, 0.05) is 50.4 Å². The first-order chi connectivity index (χ1) is 14.4. The molecule has 1 fully saturated rings. The van der Waals surface area contributed by atoms with Gasteiger partial charge in [-0.1, -0.05) is 6.92 Å². The number of nitrogens with zero attached hydrogens (tertiary/aromatic N) is 2. The van der Waals surface area contributed by atoms with Crippen molar-refractivity contribution in [1.29, 1.82) is 0 Å². The topological polar surface area (TPSA) is 67.4 Å². The molecule has 7 nitrogen and oxygen atoms in total. The van der Waals surface area contributed by atoms with Crippen LogP contribution in [0.1, 0.15) is 32.8 Å². The number of rotatable bonds is 10. The molecule has 1 aromatic carbocycles. The van der Waals surface area contributed by atoms with Crippen LogP contribution in [0.25, 0.3) is 0 Å². The second-order valence-corrected chi connectivity index (χ2v) is 7.69. The number of hydrogen-bond donors (Lipinski definition) is 2. The summed E-state index contributed by atoms with van der Waals surface area (Å²) in [6.45, 7) is 8.15. The normalized spacial score (nSPS) is 15.9. The summed E-state index contributed by atoms with van der Waals surface area (Å²) < 4.78 is 41.3. The van der Waals surface area contributed by atoms with Gasteiger partial charge in [-0.05, 0) is 32.4 Å². The number of aliphatic imine (C=N–C) groups is 1. The van der Waals surface area contributed by atoms with Crippen LogP contribution in [0.2, 0.25) is 0 Å². The maximum Gasteiger partial charge on any atom is 0.387 e. The van der Waals surface area contributed by atoms with Crippen molar-refractivity contribution in [2.24, 2.45) is 4.99 Å². The molecule has 0 atom stereocenters. The average molecular weight is 429 g/mol. The lowest BCUT2D eigenvalue weighted by molar-refractivity contribution is -0.0505. The van der Waals surface area contributed by atoms with Gasteiger partial charge in [0.15, 0.2) is 5.96 Å². The third-order valence-corrected chi connectivity index (χ3v) is 4.95. The zero-order chi connectivity index (χ0) is 22.0. The first-order valence-corrected chi connectivity index (χ1v) is 10.3. The Morgan fingerprint density at radius 1 is 1.27 bits per heavy atom. The summed E-state index contributed by atoms with van der Waals surface area (Å²) in [5, 5.41) is 6.49. The van der Waals surface area contributed by atoms with Gasteiger partial charge in [-0.3, -0.25) is 9.89 Å². The summed E-state index contributed by atoms with van der Waals surface area (Å²) in [4.78, 5) is 6.61. The molecule has 0 radical (unpaired) electrons. The van der Waals surface area contributed by atoms with E-state index in [1.165, 1.54) is 6.07 Å². The molecule has 1 aliphatic heterocycles. The predicted octanol–water partition coefficient (Wildman–Crippen LogP) is 2.85. The highest BCUT2D eigenvalue weighted by Gasteiger charge is 2.28. The lowest BCUT2D eigenvalue weighted by Gasteiger charge is -2.41. The largest absolute Gasteiger partial charge is 0.493 e. The second-order valence-electron chi connectivity index (χ2n) is 7.69. The zero-order valence-corrected chi connectivity index (χ0v) is 18.3. The van der Waals surface area contributed by atoms with Gasteiger partial charge >= 0.3 is 6.61 Å². The van der Waals surface area contributed by atoms with Crippen LogP contribution in [-0.2, 0) is 11.3 Å². The number of morpholine rings is 1. The van der Waals surface area contributed by atoms with Gasteiger partial charge in [0.1, 0.15) is 11.5 Å². The van der Waals surface area contributed by atoms with Crippen LogP contribution in [0, 0.1) is 0 Å². The molecule has 1 aliphatic rings. The van der Waals surface area contributed by atoms with Gasteiger partial charge in [0.2, 0.25) is 0 Å². The molecular formula is C21H34F2N4O3. The monoisotopic (exact) mass is 428 g/mol. The molecule has 1 heterocycles. The molecule has 0 aromatic heterocycles. The van der Waals surface area contributed by atoms with E-state index in [-0.39, 0.29) is 17.8 Å². The van der Waals surface area contributed by atoms with Crippen LogP contribution in [0.15, 0.2) is 23.2 Å². The molecule has 0 amide bonds. The maximum absolute atomic E-state index is 12.8. The number of hydrogen-bond acceptors (Lipinski definition) is 5. The lowest BCUT2D eigenvalue weighted by atomic mass is 10.0. The van der Waals surface area contributed by atoms with E-state index in [1.807, 2.05) is 6.92 Å². The fourth-order valence-electron chi connectivity index (χ4n) is 3.18. The molecule has 1 aromatic rings. The second kappa shape index (κ2) is 11.9. The Labute approximate surface area is 177 Å². The summed E-state index contributed by atoms with van der Waals surface area (Å²) in [7, 11) is 1.68. The van der Waals surface area contributed by atoms with Crippen molar-refractivity contribution in [2.45, 2.75) is 45.9 Å². The minimum atomic E-state index is -2.91. The van der Waals surface area contributed by atoms with Crippen LogP contribution in [0.4, 0.5) is 8.78 Å². The van der Waals surface area contributed by atoms with Gasteiger partial charge in [-0.15, -0.1) is 0 Å². The quantitative estimate of drug-likeness (QED) is 0.441. The van der Waals surface area contributed by atoms with E-state index in [1.54, 1.807) is 19.2 Å². The molecule has 2 N–H and O–H groups in total. The van der Waals surface area contributed by atoms with E-state index in [2.05, 4.69) is 34.4 Å². The summed E-state index contributed by atoms with van der Waals surface area (Å²) in [5.74, 6) is 1.19. The molecule has 170 valence electrons. The summed E-state index contributed by atoms with van der Waals surface area (Å²) in [5.41, 5.74) is 0.512. The van der Waals surface area contributed by atoms with Gasteiger partial charge < -0.3 is 24.8 Å². The third kappa shape index (κ3) is 7.60. The number of guanidine groups is 1. The number of halogens is 2. The Hall–Kier alpha value is -2.13. The molecule has 30 heavy (non-hydrogen) atoms. The third-order valence-electron chi connectivity index (χ3n) is 4.95. The summed E-state index contributed by atoms with van der Waals surface area (Å²) in [6.07, 6.45) is 0.830. The zero-order valence-electron chi connectivity index (χ0n) is 18.3. The van der Waals surface area contributed by atoms with Crippen LogP contribution in [-0.4, -0.2) is 69.5 Å². The molecular weight excluding hydrogens is 394 g/mol. The van der Waals surface area contributed by atoms with Crippen molar-refractivity contribution >= 4 is 5.96 Å². The van der Waals surface area contributed by atoms with Crippen molar-refractivity contribution in [1.82, 2.24) is 15.5 Å². The lowest BCUT2D eigenvalue weighted by Crippen LogP contribution is -2.56. The van der Waals surface area contributed by atoms with Crippen LogP contribution in [0.3, 0.4) is 0 Å². The predicted molar refractivity (Wildman–Crippen MR) is 114 cm³/mol. The number of ether oxygens (including phenoxy) is 3. The fraction of sp³-hybridized carbons (Fsp3) is 0.667. The Morgan fingerprint density at radius 3 is 2.63 bits per heavy atom. The Kier molecular flexibility index (Phi) is 9.58.